The molecule has 0 N–H and O–H groups in total. The lowest BCUT2D eigenvalue weighted by molar-refractivity contribution is 0.992. The Balaban J connectivity index is 0.999. The smallest absolute Gasteiger partial charge is 0.165 e. The Labute approximate surface area is 619 Å². The molecule has 0 aliphatic carbocycles. The van der Waals surface area contributed by atoms with Gasteiger partial charge in [0, 0.05) is 43.6 Å². The van der Waals surface area contributed by atoms with E-state index in [1.807, 2.05) is 0 Å². The van der Waals surface area contributed by atoms with Crippen LogP contribution in [0.4, 0.5) is 34.3 Å². The van der Waals surface area contributed by atoms with Crippen LogP contribution in [0.25, 0.3) is 160 Å². The molecule has 4 aromatic heterocycles. The molecule has 6 nitrogen and oxygen atoms in total. The maximum absolute atomic E-state index is 6.81. The Morgan fingerprint density at radius 2 is 0.393 bits per heavy atom. The predicted molar refractivity (Wildman–Crippen MR) is 448 cm³/mol. The first kappa shape index (κ1) is 61.3. The van der Waals surface area contributed by atoms with Gasteiger partial charge >= 0.3 is 0 Å². The van der Waals surface area contributed by atoms with E-state index < -0.39 is 0 Å². The zero-order chi connectivity index (χ0) is 70.5. The first-order chi connectivity index (χ1) is 53.1. The summed E-state index contributed by atoms with van der Waals surface area (Å²) in [5, 5.41) is 6.70. The summed E-state index contributed by atoms with van der Waals surface area (Å²) in [6.07, 6.45) is 0. The van der Waals surface area contributed by atoms with Gasteiger partial charge in [-0.2, -0.15) is 0 Å². The highest BCUT2D eigenvalue weighted by atomic mass is 15.3. The van der Waals surface area contributed by atoms with Gasteiger partial charge in [-0.05, 0) is 182 Å². The largest absolute Gasteiger partial charge is 0.306 e. The van der Waals surface area contributed by atoms with Gasteiger partial charge in [-0.3, -0.25) is 9.47 Å². The summed E-state index contributed by atoms with van der Waals surface area (Å²) in [6.45, 7) is 0. The molecule has 0 bridgehead atoms. The van der Waals surface area contributed by atoms with Crippen LogP contribution in [0.5, 0.6) is 0 Å². The molecule has 1 aliphatic rings. The van der Waals surface area contributed by atoms with Crippen LogP contribution in [0.2, 0.25) is 0 Å². The number of fused-ring (bicyclic) bond motifs is 11. The second-order valence-electron chi connectivity index (χ2n) is 27.8. The summed E-state index contributed by atoms with van der Waals surface area (Å²) >= 11 is 0. The van der Waals surface area contributed by atoms with Crippen LogP contribution >= 0.6 is 0 Å². The normalized spacial score (nSPS) is 12.1. The molecule has 0 fully saturated rings. The highest BCUT2D eigenvalue weighted by Crippen LogP contribution is 2.58. The van der Waals surface area contributed by atoms with Crippen LogP contribution in [-0.4, -0.2) is 18.7 Å². The number of pyridine rings is 1. The average molecular weight is 1360 g/mol. The molecule has 0 saturated heterocycles. The van der Waals surface area contributed by atoms with Gasteiger partial charge in [0.15, 0.2) is 11.6 Å². The van der Waals surface area contributed by atoms with E-state index in [4.69, 9.17) is 4.98 Å². The van der Waals surface area contributed by atoms with E-state index >= 15 is 0 Å². The summed E-state index contributed by atoms with van der Waals surface area (Å²) in [5.41, 5.74) is 28.7. The molecule has 0 amide bonds. The number of anilines is 6. The van der Waals surface area contributed by atoms with E-state index in [-0.39, 0.29) is 0 Å². The van der Waals surface area contributed by atoms with Crippen molar-refractivity contribution in [1.29, 1.82) is 0 Å². The third-order valence-electron chi connectivity index (χ3n) is 21.7. The molecule has 0 unspecified atom stereocenters. The van der Waals surface area contributed by atoms with Crippen LogP contribution in [0.15, 0.2) is 400 Å². The quantitative estimate of drug-likeness (QED) is 0.122. The Hall–Kier alpha value is -14.3. The topological polar surface area (TPSA) is 34.2 Å². The molecule has 107 heavy (non-hydrogen) atoms. The molecule has 16 aromatic carbocycles. The monoisotopic (exact) mass is 1360 g/mol. The van der Waals surface area contributed by atoms with Crippen molar-refractivity contribution in [3.05, 3.63) is 400 Å². The Morgan fingerprint density at radius 3 is 0.673 bits per heavy atom. The third-order valence-corrected chi connectivity index (χ3v) is 21.7. The van der Waals surface area contributed by atoms with E-state index in [0.717, 1.165) is 195 Å². The van der Waals surface area contributed by atoms with Crippen molar-refractivity contribution in [2.75, 3.05) is 9.80 Å². The van der Waals surface area contributed by atoms with E-state index in [0.29, 0.717) is 0 Å². The number of benzene rings is 16. The van der Waals surface area contributed by atoms with Crippen molar-refractivity contribution in [1.82, 2.24) is 18.7 Å². The summed E-state index contributed by atoms with van der Waals surface area (Å²) in [7, 11) is 0. The van der Waals surface area contributed by atoms with Crippen LogP contribution in [0.3, 0.4) is 0 Å². The number of hydrogen-bond acceptors (Lipinski definition) is 3. The van der Waals surface area contributed by atoms with Crippen LogP contribution in [-0.2, 0) is 0 Å². The minimum absolute atomic E-state index is 0.739. The number of para-hydroxylation sites is 5. The highest BCUT2D eigenvalue weighted by Gasteiger charge is 2.38. The molecular weight excluding hydrogens is 1300 g/mol. The van der Waals surface area contributed by atoms with Crippen LogP contribution < -0.4 is 9.80 Å². The maximum Gasteiger partial charge on any atom is 0.165 e. The van der Waals surface area contributed by atoms with Crippen molar-refractivity contribution in [2.45, 2.75) is 0 Å². The van der Waals surface area contributed by atoms with Gasteiger partial charge in [0.2, 0.25) is 0 Å². The summed E-state index contributed by atoms with van der Waals surface area (Å²) in [6, 6.07) is 147. The Morgan fingerprint density at radius 1 is 0.168 bits per heavy atom. The lowest BCUT2D eigenvalue weighted by Crippen LogP contribution is -2.26. The van der Waals surface area contributed by atoms with Crippen molar-refractivity contribution in [2.24, 2.45) is 0 Å². The van der Waals surface area contributed by atoms with E-state index in [1.54, 1.807) is 0 Å². The fraction of sp³-hybridized carbons (Fsp3) is 0. The maximum atomic E-state index is 6.81. The van der Waals surface area contributed by atoms with Crippen molar-refractivity contribution >= 4 is 99.7 Å². The van der Waals surface area contributed by atoms with Crippen molar-refractivity contribution in [3.8, 4) is 95.1 Å². The summed E-state index contributed by atoms with van der Waals surface area (Å²) < 4.78 is 7.64. The van der Waals surface area contributed by atoms with Gasteiger partial charge in [0.25, 0.3) is 0 Å². The average Bonchev–Trinajstić information content (AvgIpc) is 1.63. The molecule has 5 heterocycles. The molecule has 6 heteroatoms. The number of hydrogen-bond donors (Lipinski definition) is 0. The molecule has 21 rings (SSSR count). The number of aromatic nitrogens is 4. The molecule has 0 spiro atoms. The van der Waals surface area contributed by atoms with E-state index in [1.165, 1.54) is 0 Å². The Bertz CT molecular complexity index is 6490. The third kappa shape index (κ3) is 10.1. The molecular formula is C101H66N6. The second-order valence-corrected chi connectivity index (χ2v) is 27.8. The fourth-order valence-electron chi connectivity index (χ4n) is 16.8. The number of rotatable bonds is 12. The van der Waals surface area contributed by atoms with Gasteiger partial charge in [-0.25, -0.2) is 4.98 Å². The molecule has 20 aromatic rings. The van der Waals surface area contributed by atoms with Gasteiger partial charge in [-0.1, -0.05) is 291 Å². The summed E-state index contributed by atoms with van der Waals surface area (Å²) in [5.74, 6) is 1.49. The summed E-state index contributed by atoms with van der Waals surface area (Å²) in [4.78, 5) is 11.7. The molecule has 1 aliphatic heterocycles. The van der Waals surface area contributed by atoms with Gasteiger partial charge in [0.1, 0.15) is 11.4 Å². The zero-order valence-electron chi connectivity index (χ0n) is 58.3. The van der Waals surface area contributed by atoms with Crippen molar-refractivity contribution < 1.29 is 0 Å². The first-order valence-electron chi connectivity index (χ1n) is 36.7. The number of nitrogens with zero attached hydrogens (tertiary/aromatic N) is 6. The highest BCUT2D eigenvalue weighted by molar-refractivity contribution is 6.18. The predicted octanol–water partition coefficient (Wildman–Crippen LogP) is 27.3. The molecule has 0 saturated carbocycles. The van der Waals surface area contributed by atoms with Crippen LogP contribution in [0, 0.1) is 0 Å². The first-order valence-corrected chi connectivity index (χ1v) is 36.7. The van der Waals surface area contributed by atoms with Gasteiger partial charge in [0.05, 0.1) is 55.8 Å². The van der Waals surface area contributed by atoms with Gasteiger partial charge in [-0.15, -0.1) is 0 Å². The SMILES string of the molecule is c1ccc(-c2ccc3c(c2)c2cc(-c4ccccc4)ccc2n3-c2nc(N3c4ccccc4N(c4ccccc4)c4ccccc43)c(-n3c4ccc(-c5ccccc5)cc4c4cc(-c5ccccc5)ccc43)c(-c3ccccc3)c2-n2c3ccc(-c4ccccc4)cc3c3cc(-c4ccccc4)ccc32)cc1. The second kappa shape index (κ2) is 25.3. The standard InChI is InChI=1S/C101H66N6/c1-9-29-67(30-10-1)74-49-55-87-81(61-74)82-62-75(68-31-11-2-12-32-68)50-56-88(82)104(87)98-97(73-41-21-7-22-42-73)99(105-89-57-51-76(69-33-13-3-14-34-69)63-83(89)84-64-77(52-58-90(84)105)70-35-15-4-16-36-70)101(107-95-47-27-25-45-93(95)103(80-43-23-8-24-44-80)94-46-26-28-48-96(94)107)102-100(98)106-91-59-53-78(71-37-17-5-18-38-71)65-85(91)86-66-79(54-60-92(86)106)72-39-19-6-20-40-72/h1-66H. The van der Waals surface area contributed by atoms with E-state index in [2.05, 4.69) is 424 Å². The molecule has 500 valence electrons. The lowest BCUT2D eigenvalue weighted by atomic mass is 9.98. The fourth-order valence-corrected chi connectivity index (χ4v) is 16.8. The van der Waals surface area contributed by atoms with Crippen LogP contribution in [0.1, 0.15) is 0 Å². The zero-order valence-corrected chi connectivity index (χ0v) is 58.3. The van der Waals surface area contributed by atoms with E-state index in [9.17, 15) is 0 Å². The lowest BCUT2D eigenvalue weighted by Gasteiger charge is -2.41. The minimum atomic E-state index is 0.739. The Kier molecular flexibility index (Phi) is 14.5. The molecule has 0 atom stereocenters. The van der Waals surface area contributed by atoms with Crippen molar-refractivity contribution in [3.63, 3.8) is 0 Å². The minimum Gasteiger partial charge on any atom is -0.306 e. The molecule has 0 radical (unpaired) electrons. The van der Waals surface area contributed by atoms with Gasteiger partial charge < -0.3 is 14.0 Å².